The zero-order valence-corrected chi connectivity index (χ0v) is 17.7. The van der Waals surface area contributed by atoms with Crippen LogP contribution < -0.4 is 5.73 Å². The van der Waals surface area contributed by atoms with Crippen LogP contribution in [-0.2, 0) is 0 Å². The van der Waals surface area contributed by atoms with Gasteiger partial charge in [-0.05, 0) is 54.8 Å². The van der Waals surface area contributed by atoms with E-state index in [2.05, 4.69) is 15.9 Å². The van der Waals surface area contributed by atoms with Crippen molar-refractivity contribution in [1.29, 1.82) is 0 Å². The third-order valence-electron chi connectivity index (χ3n) is 5.19. The lowest BCUT2D eigenvalue weighted by Gasteiger charge is -2.09. The largest absolute Gasteiger partial charge is 0.397 e. The van der Waals surface area contributed by atoms with Crippen molar-refractivity contribution in [2.24, 2.45) is 0 Å². The van der Waals surface area contributed by atoms with E-state index in [4.69, 9.17) is 10.7 Å². The van der Waals surface area contributed by atoms with Gasteiger partial charge in [0, 0.05) is 32.6 Å². The number of thiophene rings is 1. The number of rotatable bonds is 4. The highest BCUT2D eigenvalue weighted by Crippen LogP contribution is 2.46. The minimum atomic E-state index is -0.312. The van der Waals surface area contributed by atoms with Gasteiger partial charge in [-0.2, -0.15) is 0 Å². The normalized spacial score (nSPS) is 13.7. The predicted molar refractivity (Wildman–Crippen MR) is 119 cm³/mol. The van der Waals surface area contributed by atoms with Crippen LogP contribution in [0.3, 0.4) is 0 Å². The van der Waals surface area contributed by atoms with Crippen LogP contribution in [0.15, 0.2) is 59.1 Å². The Morgan fingerprint density at radius 1 is 1.10 bits per heavy atom. The van der Waals surface area contributed by atoms with Crippen LogP contribution >= 0.6 is 27.3 Å². The fourth-order valence-electron chi connectivity index (χ4n) is 3.52. The fraction of sp³-hybridized carbons (Fsp3) is 0.130. The summed E-state index contributed by atoms with van der Waals surface area (Å²) >= 11 is 4.67. The molecule has 0 aliphatic heterocycles. The second-order valence-corrected chi connectivity index (χ2v) is 9.12. The van der Waals surface area contributed by atoms with Gasteiger partial charge in [0.25, 0.3) is 0 Å². The number of carbonyl (C=O) groups excluding carboxylic acids is 1. The van der Waals surface area contributed by atoms with Crippen molar-refractivity contribution < 1.29 is 9.18 Å². The molecule has 0 atom stereocenters. The van der Waals surface area contributed by atoms with E-state index < -0.39 is 0 Å². The van der Waals surface area contributed by atoms with E-state index in [0.29, 0.717) is 43.4 Å². The first kappa shape index (κ1) is 18.5. The fourth-order valence-corrected chi connectivity index (χ4v) is 4.87. The van der Waals surface area contributed by atoms with Gasteiger partial charge in [0.15, 0.2) is 0 Å². The van der Waals surface area contributed by atoms with Crippen LogP contribution in [0.1, 0.15) is 39.7 Å². The average molecular weight is 467 g/mol. The van der Waals surface area contributed by atoms with Crippen LogP contribution in [0.2, 0.25) is 0 Å². The first-order valence-electron chi connectivity index (χ1n) is 9.31. The van der Waals surface area contributed by atoms with Gasteiger partial charge in [0.2, 0.25) is 5.78 Å². The molecule has 1 fully saturated rings. The summed E-state index contributed by atoms with van der Waals surface area (Å²) in [5.41, 5.74) is 9.51. The molecule has 6 heteroatoms. The van der Waals surface area contributed by atoms with Crippen LogP contribution in [0, 0.1) is 5.82 Å². The highest BCUT2D eigenvalue weighted by molar-refractivity contribution is 9.10. The van der Waals surface area contributed by atoms with Gasteiger partial charge in [-0.1, -0.05) is 34.1 Å². The molecule has 0 bridgehead atoms. The zero-order chi connectivity index (χ0) is 20.1. The molecule has 1 aliphatic rings. The maximum Gasteiger partial charge on any atom is 0.205 e. The molecule has 2 aromatic heterocycles. The molecule has 0 amide bonds. The average Bonchev–Trinajstić information content (AvgIpc) is 3.52. The maximum atomic E-state index is 14.6. The Balaban J connectivity index is 1.73. The van der Waals surface area contributed by atoms with Crippen molar-refractivity contribution in [3.63, 3.8) is 0 Å². The Morgan fingerprint density at radius 3 is 2.52 bits per heavy atom. The molecule has 1 saturated carbocycles. The number of nitrogens with zero attached hydrogens (tertiary/aromatic N) is 1. The molecule has 1 aliphatic carbocycles. The highest BCUT2D eigenvalue weighted by atomic mass is 79.9. The van der Waals surface area contributed by atoms with E-state index >= 15 is 0 Å². The first-order chi connectivity index (χ1) is 14.0. The Labute approximate surface area is 179 Å². The molecule has 2 heterocycles. The number of ketones is 1. The number of nitrogens with two attached hydrogens (primary N) is 1. The van der Waals surface area contributed by atoms with Crippen LogP contribution in [-0.4, -0.2) is 10.8 Å². The Bertz CT molecular complexity index is 1260. The van der Waals surface area contributed by atoms with E-state index in [0.717, 1.165) is 23.0 Å². The van der Waals surface area contributed by atoms with Gasteiger partial charge in [-0.25, -0.2) is 9.37 Å². The van der Waals surface area contributed by atoms with E-state index in [1.54, 1.807) is 30.3 Å². The lowest BCUT2D eigenvalue weighted by atomic mass is 9.99. The molecule has 29 heavy (non-hydrogen) atoms. The number of aromatic nitrogens is 1. The molecule has 144 valence electrons. The van der Waals surface area contributed by atoms with E-state index in [1.807, 2.05) is 18.2 Å². The number of anilines is 1. The summed E-state index contributed by atoms with van der Waals surface area (Å²) in [5.74, 6) is -0.0579. The minimum absolute atomic E-state index is 0.148. The summed E-state index contributed by atoms with van der Waals surface area (Å²) in [7, 11) is 0. The maximum absolute atomic E-state index is 14.6. The number of carbonyl (C=O) groups is 1. The predicted octanol–water partition coefficient (Wildman–Crippen LogP) is 6.56. The molecule has 5 rings (SSSR count). The molecule has 3 nitrogen and oxygen atoms in total. The summed E-state index contributed by atoms with van der Waals surface area (Å²) in [6.07, 6.45) is 2.17. The third-order valence-corrected chi connectivity index (χ3v) is 6.82. The van der Waals surface area contributed by atoms with Crippen molar-refractivity contribution in [3.8, 4) is 11.1 Å². The topological polar surface area (TPSA) is 56.0 Å². The Kier molecular flexibility index (Phi) is 4.48. The molecule has 4 aromatic rings. The summed E-state index contributed by atoms with van der Waals surface area (Å²) < 4.78 is 15.5. The lowest BCUT2D eigenvalue weighted by Crippen LogP contribution is -2.02. The number of hydrogen-bond donors (Lipinski definition) is 1. The molecule has 2 aromatic carbocycles. The first-order valence-corrected chi connectivity index (χ1v) is 10.9. The number of hydrogen-bond acceptors (Lipinski definition) is 4. The zero-order valence-electron chi connectivity index (χ0n) is 15.3. The van der Waals surface area contributed by atoms with Crippen LogP contribution in [0.4, 0.5) is 10.1 Å². The van der Waals surface area contributed by atoms with Gasteiger partial charge < -0.3 is 5.73 Å². The van der Waals surface area contributed by atoms with Gasteiger partial charge in [-0.15, -0.1) is 11.3 Å². The molecule has 0 spiro atoms. The summed E-state index contributed by atoms with van der Waals surface area (Å²) in [6, 6.07) is 15.8. The number of nitrogen functional groups attached to an aromatic ring is 1. The SMILES string of the molecule is Nc1c(C(=O)c2ccc(Br)cc2)sc2nc(C3CC3)cc(-c3ccccc3F)c12. The van der Waals surface area contributed by atoms with Gasteiger partial charge in [0.1, 0.15) is 15.5 Å². The van der Waals surface area contributed by atoms with Crippen molar-refractivity contribution in [2.45, 2.75) is 18.8 Å². The number of halogens is 2. The molecule has 0 radical (unpaired) electrons. The van der Waals surface area contributed by atoms with Crippen molar-refractivity contribution >= 4 is 49.0 Å². The molecule has 2 N–H and O–H groups in total. The van der Waals surface area contributed by atoms with Gasteiger partial charge >= 0.3 is 0 Å². The summed E-state index contributed by atoms with van der Waals surface area (Å²) in [4.78, 5) is 19.0. The number of fused-ring (bicyclic) bond motifs is 1. The van der Waals surface area contributed by atoms with E-state index in [9.17, 15) is 9.18 Å². The quantitative estimate of drug-likeness (QED) is 0.346. The number of benzene rings is 2. The van der Waals surface area contributed by atoms with Crippen molar-refractivity contribution in [1.82, 2.24) is 4.98 Å². The van der Waals surface area contributed by atoms with Crippen molar-refractivity contribution in [3.05, 3.63) is 81.0 Å². The Morgan fingerprint density at radius 2 is 1.83 bits per heavy atom. The highest BCUT2D eigenvalue weighted by Gasteiger charge is 2.29. The van der Waals surface area contributed by atoms with E-state index in [1.165, 1.54) is 17.4 Å². The lowest BCUT2D eigenvalue weighted by molar-refractivity contribution is 0.104. The second kappa shape index (κ2) is 7.04. The smallest absolute Gasteiger partial charge is 0.205 e. The molecular formula is C23H16BrFN2OS. The van der Waals surface area contributed by atoms with E-state index in [-0.39, 0.29) is 11.6 Å². The standard InChI is InChI=1S/C23H16BrFN2OS/c24-14-9-7-13(8-10-14)21(28)22-20(26)19-16(15-3-1-2-4-17(15)25)11-18(12-5-6-12)27-23(19)29-22/h1-4,7-12H,5-6,26H2. The van der Waals surface area contributed by atoms with Gasteiger partial charge in [0.05, 0.1) is 5.69 Å². The molecule has 0 unspecified atom stereocenters. The minimum Gasteiger partial charge on any atom is -0.397 e. The van der Waals surface area contributed by atoms with Crippen molar-refractivity contribution in [2.75, 3.05) is 5.73 Å². The Hall–Kier alpha value is -2.57. The summed E-state index contributed by atoms with van der Waals surface area (Å²) in [5, 5.41) is 0.657. The molecular weight excluding hydrogens is 451 g/mol. The molecule has 0 saturated heterocycles. The second-order valence-electron chi connectivity index (χ2n) is 7.21. The summed E-state index contributed by atoms with van der Waals surface area (Å²) in [6.45, 7) is 0. The monoisotopic (exact) mass is 466 g/mol. The third kappa shape index (κ3) is 3.26. The van der Waals surface area contributed by atoms with Crippen LogP contribution in [0.5, 0.6) is 0 Å². The number of pyridine rings is 1. The van der Waals surface area contributed by atoms with Gasteiger partial charge in [-0.3, -0.25) is 4.79 Å². The van der Waals surface area contributed by atoms with Crippen LogP contribution in [0.25, 0.3) is 21.3 Å².